The Bertz CT molecular complexity index is 489. The molecular formula is C10H7Cl3O5. The number of benzene rings is 1. The number of hydrogen-bond acceptors (Lipinski definition) is 3. The second kappa shape index (κ2) is 6.13. The van der Waals surface area contributed by atoms with Gasteiger partial charge in [-0.3, -0.25) is 4.79 Å². The van der Waals surface area contributed by atoms with Gasteiger partial charge in [-0.25, -0.2) is 4.79 Å². The fourth-order valence-electron chi connectivity index (χ4n) is 1.09. The van der Waals surface area contributed by atoms with Crippen LogP contribution < -0.4 is 4.74 Å². The highest BCUT2D eigenvalue weighted by Gasteiger charge is 2.24. The number of aliphatic carboxylic acids is 2. The number of carboxylic acids is 2. The normalized spacial score (nSPS) is 11.9. The monoisotopic (exact) mass is 312 g/mol. The average Bonchev–Trinajstić information content (AvgIpc) is 2.23. The van der Waals surface area contributed by atoms with E-state index >= 15 is 0 Å². The maximum Gasteiger partial charge on any atom is 0.345 e. The lowest BCUT2D eigenvalue weighted by Gasteiger charge is -2.14. The van der Waals surface area contributed by atoms with Crippen LogP contribution >= 0.6 is 34.8 Å². The summed E-state index contributed by atoms with van der Waals surface area (Å²) in [5, 5.41) is 17.7. The van der Waals surface area contributed by atoms with E-state index in [4.69, 9.17) is 49.8 Å². The Morgan fingerprint density at radius 2 is 1.67 bits per heavy atom. The van der Waals surface area contributed by atoms with Gasteiger partial charge in [0.2, 0.25) is 6.10 Å². The van der Waals surface area contributed by atoms with Gasteiger partial charge in [0, 0.05) is 6.07 Å². The minimum absolute atomic E-state index is 0.0419. The molecule has 0 spiro atoms. The molecule has 0 saturated carbocycles. The molecule has 0 aliphatic carbocycles. The largest absolute Gasteiger partial charge is 0.481 e. The first-order valence-electron chi connectivity index (χ1n) is 4.57. The SMILES string of the molecule is O=C(O)CC(Oc1cc(Cl)c(Cl)cc1Cl)C(=O)O. The Morgan fingerprint density at radius 1 is 1.11 bits per heavy atom. The molecule has 1 aromatic carbocycles. The summed E-state index contributed by atoms with van der Waals surface area (Å²) >= 11 is 17.2. The van der Waals surface area contributed by atoms with E-state index in [9.17, 15) is 9.59 Å². The van der Waals surface area contributed by atoms with Gasteiger partial charge >= 0.3 is 11.9 Å². The van der Waals surface area contributed by atoms with Crippen molar-refractivity contribution in [1.29, 1.82) is 0 Å². The first kappa shape index (κ1) is 14.9. The van der Waals surface area contributed by atoms with Crippen molar-refractivity contribution in [1.82, 2.24) is 0 Å². The van der Waals surface area contributed by atoms with Crippen LogP contribution in [-0.2, 0) is 9.59 Å². The van der Waals surface area contributed by atoms with E-state index in [0.717, 1.165) is 0 Å². The quantitative estimate of drug-likeness (QED) is 0.816. The van der Waals surface area contributed by atoms with E-state index in [2.05, 4.69) is 0 Å². The summed E-state index contributed by atoms with van der Waals surface area (Å²) in [6.45, 7) is 0. The molecule has 0 fully saturated rings. The maximum atomic E-state index is 10.8. The Labute approximate surface area is 117 Å². The van der Waals surface area contributed by atoms with Crippen molar-refractivity contribution in [3.8, 4) is 5.75 Å². The number of hydrogen-bond donors (Lipinski definition) is 2. The van der Waals surface area contributed by atoms with Gasteiger partial charge in [-0.2, -0.15) is 0 Å². The topological polar surface area (TPSA) is 83.8 Å². The van der Waals surface area contributed by atoms with Gasteiger partial charge in [0.15, 0.2) is 0 Å². The third-order valence-corrected chi connectivity index (χ3v) is 2.90. The second-order valence-electron chi connectivity index (χ2n) is 3.24. The standard InChI is InChI=1S/C10H7Cl3O5/c11-4-1-6(13)7(2-5(4)12)18-8(10(16)17)3-9(14)15/h1-2,8H,3H2,(H,14,15)(H,16,17). The maximum absolute atomic E-state index is 10.8. The lowest BCUT2D eigenvalue weighted by molar-refractivity contribution is -0.151. The lowest BCUT2D eigenvalue weighted by atomic mass is 10.2. The van der Waals surface area contributed by atoms with Crippen LogP contribution in [0.25, 0.3) is 0 Å². The van der Waals surface area contributed by atoms with Crippen LogP contribution in [0, 0.1) is 0 Å². The van der Waals surface area contributed by atoms with Crippen molar-refractivity contribution in [3.05, 3.63) is 27.2 Å². The molecule has 1 aromatic rings. The molecule has 0 bridgehead atoms. The molecule has 0 aliphatic heterocycles. The molecule has 0 radical (unpaired) electrons. The molecule has 1 atom stereocenters. The minimum atomic E-state index is -1.56. The Balaban J connectivity index is 2.97. The first-order chi connectivity index (χ1) is 8.31. The van der Waals surface area contributed by atoms with Gasteiger partial charge in [-0.05, 0) is 6.07 Å². The summed E-state index contributed by atoms with van der Waals surface area (Å²) in [7, 11) is 0. The first-order valence-corrected chi connectivity index (χ1v) is 5.70. The van der Waals surface area contributed by atoms with Crippen molar-refractivity contribution in [2.24, 2.45) is 0 Å². The predicted molar refractivity (Wildman–Crippen MR) is 65.8 cm³/mol. The summed E-state index contributed by atoms with van der Waals surface area (Å²) in [5.41, 5.74) is 0. The van der Waals surface area contributed by atoms with Gasteiger partial charge < -0.3 is 14.9 Å². The highest BCUT2D eigenvalue weighted by Crippen LogP contribution is 2.34. The van der Waals surface area contributed by atoms with Crippen LogP contribution in [0.15, 0.2) is 12.1 Å². The summed E-state index contributed by atoms with van der Waals surface area (Å²) in [5.74, 6) is -2.77. The number of halogens is 3. The molecule has 1 unspecified atom stereocenters. The highest BCUT2D eigenvalue weighted by atomic mass is 35.5. The van der Waals surface area contributed by atoms with Gasteiger partial charge in [0.25, 0.3) is 0 Å². The van der Waals surface area contributed by atoms with Crippen molar-refractivity contribution < 1.29 is 24.5 Å². The molecule has 98 valence electrons. The van der Waals surface area contributed by atoms with E-state index in [-0.39, 0.29) is 20.8 Å². The number of carbonyl (C=O) groups is 2. The summed E-state index contributed by atoms with van der Waals surface area (Å²) in [4.78, 5) is 21.3. The highest BCUT2D eigenvalue weighted by molar-refractivity contribution is 6.43. The van der Waals surface area contributed by atoms with Gasteiger partial charge in [-0.15, -0.1) is 0 Å². The summed E-state index contributed by atoms with van der Waals surface area (Å²) in [6, 6.07) is 2.50. The number of carboxylic acid groups (broad SMARTS) is 2. The van der Waals surface area contributed by atoms with Crippen molar-refractivity contribution in [3.63, 3.8) is 0 Å². The predicted octanol–water partition coefficient (Wildman–Crippen LogP) is 2.95. The smallest absolute Gasteiger partial charge is 0.345 e. The summed E-state index contributed by atoms with van der Waals surface area (Å²) < 4.78 is 5.00. The van der Waals surface area contributed by atoms with Crippen LogP contribution in [0.1, 0.15) is 6.42 Å². The third kappa shape index (κ3) is 3.94. The summed E-state index contributed by atoms with van der Waals surface area (Å²) in [6.07, 6.45) is -2.26. The fourth-order valence-corrected chi connectivity index (χ4v) is 1.67. The van der Waals surface area contributed by atoms with E-state index in [1.807, 2.05) is 0 Å². The number of ether oxygens (including phenoxy) is 1. The molecule has 1 rings (SSSR count). The molecule has 0 aliphatic rings. The van der Waals surface area contributed by atoms with E-state index in [1.165, 1.54) is 12.1 Å². The van der Waals surface area contributed by atoms with Crippen LogP contribution in [0.5, 0.6) is 5.75 Å². The van der Waals surface area contributed by atoms with Crippen molar-refractivity contribution in [2.75, 3.05) is 0 Å². The van der Waals surface area contributed by atoms with E-state index in [0.29, 0.717) is 0 Å². The van der Waals surface area contributed by atoms with E-state index in [1.54, 1.807) is 0 Å². The van der Waals surface area contributed by atoms with Crippen molar-refractivity contribution in [2.45, 2.75) is 12.5 Å². The molecule has 2 N–H and O–H groups in total. The van der Waals surface area contributed by atoms with Crippen LogP contribution in [0.4, 0.5) is 0 Å². The Morgan fingerprint density at radius 3 is 2.17 bits per heavy atom. The second-order valence-corrected chi connectivity index (χ2v) is 4.46. The minimum Gasteiger partial charge on any atom is -0.481 e. The molecule has 0 heterocycles. The van der Waals surface area contributed by atoms with E-state index < -0.39 is 24.5 Å². The molecule has 0 saturated heterocycles. The average molecular weight is 314 g/mol. The molecule has 8 heteroatoms. The van der Waals surface area contributed by atoms with Gasteiger partial charge in [0.1, 0.15) is 5.75 Å². The molecule has 5 nitrogen and oxygen atoms in total. The van der Waals surface area contributed by atoms with Crippen LogP contribution in [0.3, 0.4) is 0 Å². The molecule has 0 aromatic heterocycles. The fraction of sp³-hybridized carbons (Fsp3) is 0.200. The zero-order chi connectivity index (χ0) is 13.9. The van der Waals surface area contributed by atoms with Gasteiger partial charge in [-0.1, -0.05) is 34.8 Å². The van der Waals surface area contributed by atoms with Crippen molar-refractivity contribution >= 4 is 46.7 Å². The molecule has 18 heavy (non-hydrogen) atoms. The van der Waals surface area contributed by atoms with Crippen LogP contribution in [0.2, 0.25) is 15.1 Å². The Hall–Kier alpha value is -1.17. The zero-order valence-electron chi connectivity index (χ0n) is 8.69. The Kier molecular flexibility index (Phi) is 5.07. The lowest BCUT2D eigenvalue weighted by Crippen LogP contribution is -2.29. The number of rotatable bonds is 5. The molecular weight excluding hydrogens is 306 g/mol. The third-order valence-electron chi connectivity index (χ3n) is 1.88. The zero-order valence-corrected chi connectivity index (χ0v) is 11.0. The van der Waals surface area contributed by atoms with Gasteiger partial charge in [0.05, 0.1) is 21.5 Å². The molecule has 0 amide bonds. The van der Waals surface area contributed by atoms with Crippen LogP contribution in [-0.4, -0.2) is 28.3 Å².